The summed E-state index contributed by atoms with van der Waals surface area (Å²) in [6.45, 7) is 17.2. The Morgan fingerprint density at radius 2 is 1.28 bits per heavy atom. The molecule has 22 nitrogen and oxygen atoms in total. The number of thiazole rings is 1. The predicted octanol–water partition coefficient (Wildman–Crippen LogP) is 9.96. The highest BCUT2D eigenvalue weighted by molar-refractivity contribution is 8.00. The summed E-state index contributed by atoms with van der Waals surface area (Å²) in [5, 5.41) is 10.2. The van der Waals surface area contributed by atoms with Gasteiger partial charge in [-0.15, -0.1) is 23.1 Å². The number of likely N-dealkylation sites (tertiary alicyclic amines) is 1. The van der Waals surface area contributed by atoms with Crippen molar-refractivity contribution >= 4 is 74.7 Å². The molecule has 9 rings (SSSR count). The summed E-state index contributed by atoms with van der Waals surface area (Å²) < 4.78 is 48.4. The number of β-lactam (4-membered cyclic amide) rings is 1. The summed E-state index contributed by atoms with van der Waals surface area (Å²) in [6, 6.07) is 24.5. The SMILES string of the molecule is COc1ccc(COC(=O)C2=C(C[N+]3(Cc4cn(C)c5cc(OCc6ccc(OC)cc6)c(OCc6ccc(OC)cc6)cc5c4=O)CCCC3)[C@H](C)S[C@@H]3[C@H](NC(=O)/C(=N\OC(C)(C)C(=O)OC(C)(C)C)c4csc(NC(=O)OC(C)(C)C)n4)C(=O)N23)cc1. The number of aromatic nitrogens is 2. The number of methoxy groups -OCH3 is 3. The molecule has 3 amide bonds. The lowest BCUT2D eigenvalue weighted by Crippen LogP contribution is -2.72. The fourth-order valence-corrected chi connectivity index (χ4v) is 12.7. The number of rotatable bonds is 23. The second kappa shape index (κ2) is 27.2. The van der Waals surface area contributed by atoms with E-state index in [0.29, 0.717) is 74.7 Å². The molecule has 2 N–H and O–H groups in total. The Labute approximate surface area is 531 Å². The summed E-state index contributed by atoms with van der Waals surface area (Å²) in [5.41, 5.74) is 0.262. The van der Waals surface area contributed by atoms with Crippen LogP contribution < -0.4 is 39.7 Å². The number of carbonyl (C=O) groups is 5. The third-order valence-electron chi connectivity index (χ3n) is 15.2. The number of hydrogen-bond donors (Lipinski definition) is 2. The van der Waals surface area contributed by atoms with E-state index in [1.807, 2.05) is 79.3 Å². The minimum Gasteiger partial charge on any atom is -0.497 e. The average Bonchev–Trinajstić information content (AvgIpc) is 0.771. The Balaban J connectivity index is 1.03. The number of aryl methyl sites for hydroxylation is 1. The molecular weight excluding hydrogens is 1190 g/mol. The van der Waals surface area contributed by atoms with Gasteiger partial charge in [-0.2, -0.15) is 0 Å². The molecular formula is C66H78N7O15S2+. The molecule has 2 fully saturated rings. The van der Waals surface area contributed by atoms with Gasteiger partial charge in [-0.3, -0.25) is 24.6 Å². The zero-order valence-electron chi connectivity index (χ0n) is 53.0. The summed E-state index contributed by atoms with van der Waals surface area (Å²) in [6.07, 6.45) is 2.76. The van der Waals surface area contributed by atoms with Crippen molar-refractivity contribution in [2.24, 2.45) is 12.2 Å². The number of carbonyl (C=O) groups excluding carboxylic acids is 5. The number of benzene rings is 4. The van der Waals surface area contributed by atoms with Crippen LogP contribution in [0, 0.1) is 0 Å². The van der Waals surface area contributed by atoms with Crippen molar-refractivity contribution in [3.63, 3.8) is 0 Å². The van der Waals surface area contributed by atoms with E-state index < -0.39 is 69.0 Å². The molecule has 24 heteroatoms. The van der Waals surface area contributed by atoms with E-state index in [1.54, 1.807) is 93.2 Å². The number of esters is 2. The second-order valence-electron chi connectivity index (χ2n) is 24.8. The number of oxime groups is 1. The van der Waals surface area contributed by atoms with Gasteiger partial charge in [0.2, 0.25) is 5.60 Å². The maximum Gasteiger partial charge on any atom is 0.413 e. The molecule has 5 heterocycles. The second-order valence-corrected chi connectivity index (χ2v) is 27.2. The zero-order valence-corrected chi connectivity index (χ0v) is 54.6. The minimum atomic E-state index is -1.71. The van der Waals surface area contributed by atoms with Crippen LogP contribution in [0.5, 0.6) is 28.7 Å². The van der Waals surface area contributed by atoms with Gasteiger partial charge in [0.15, 0.2) is 27.8 Å². The highest BCUT2D eigenvalue weighted by Crippen LogP contribution is 2.46. The van der Waals surface area contributed by atoms with E-state index in [9.17, 15) is 24.0 Å². The summed E-state index contributed by atoms with van der Waals surface area (Å²) >= 11 is 2.36. The number of nitrogens with zero attached hydrogens (tertiary/aromatic N) is 5. The number of fused-ring (bicyclic) bond motifs is 2. The summed E-state index contributed by atoms with van der Waals surface area (Å²) in [4.78, 5) is 97.3. The lowest BCUT2D eigenvalue weighted by Gasteiger charge is -2.52. The highest BCUT2D eigenvalue weighted by atomic mass is 32.2. The topological polar surface area (TPSA) is 243 Å². The van der Waals surface area contributed by atoms with Crippen molar-refractivity contribution in [3.05, 3.63) is 146 Å². The quantitative estimate of drug-likeness (QED) is 0.0151. The van der Waals surface area contributed by atoms with Gasteiger partial charge in [0.1, 0.15) is 84.2 Å². The third kappa shape index (κ3) is 15.7. The third-order valence-corrected chi connectivity index (χ3v) is 17.4. The smallest absolute Gasteiger partial charge is 0.413 e. The highest BCUT2D eigenvalue weighted by Gasteiger charge is 2.57. The van der Waals surface area contributed by atoms with Crippen molar-refractivity contribution in [2.45, 2.75) is 135 Å². The maximum absolute atomic E-state index is 15.1. The van der Waals surface area contributed by atoms with E-state index in [4.69, 9.17) is 42.7 Å². The van der Waals surface area contributed by atoms with Gasteiger partial charge in [-0.1, -0.05) is 41.6 Å². The van der Waals surface area contributed by atoms with Crippen LogP contribution in [0.15, 0.2) is 118 Å². The van der Waals surface area contributed by atoms with Crippen LogP contribution in [0.4, 0.5) is 9.93 Å². The first-order valence-electron chi connectivity index (χ1n) is 29.5. The van der Waals surface area contributed by atoms with Crippen LogP contribution in [0.1, 0.15) is 103 Å². The number of hydrogen-bond acceptors (Lipinski definition) is 19. The Bertz CT molecular complexity index is 3770. The molecule has 0 saturated carbocycles. The lowest BCUT2D eigenvalue weighted by molar-refractivity contribution is -0.925. The van der Waals surface area contributed by atoms with E-state index in [1.165, 1.54) is 35.9 Å². The average molecular weight is 1270 g/mol. The van der Waals surface area contributed by atoms with Crippen molar-refractivity contribution in [2.75, 3.05) is 46.3 Å². The molecule has 2 saturated heterocycles. The van der Waals surface area contributed by atoms with Crippen molar-refractivity contribution in [1.29, 1.82) is 0 Å². The molecule has 0 radical (unpaired) electrons. The fourth-order valence-electron chi connectivity index (χ4n) is 10.6. The number of amides is 3. The predicted molar refractivity (Wildman–Crippen MR) is 341 cm³/mol. The molecule has 0 spiro atoms. The molecule has 478 valence electrons. The van der Waals surface area contributed by atoms with Crippen LogP contribution in [0.3, 0.4) is 0 Å². The van der Waals surface area contributed by atoms with Crippen LogP contribution in [0.25, 0.3) is 10.9 Å². The molecule has 90 heavy (non-hydrogen) atoms. The summed E-state index contributed by atoms with van der Waals surface area (Å²) in [7, 11) is 6.66. The monoisotopic (exact) mass is 1270 g/mol. The first kappa shape index (κ1) is 65.8. The molecule has 2 aromatic heterocycles. The summed E-state index contributed by atoms with van der Waals surface area (Å²) in [5.74, 6) is -0.136. The van der Waals surface area contributed by atoms with Crippen LogP contribution in [-0.2, 0) is 71.6 Å². The molecule has 3 aliphatic heterocycles. The number of anilines is 1. The lowest BCUT2D eigenvalue weighted by atomic mass is 9.99. The number of thioether (sulfide) groups is 1. The number of nitrogens with one attached hydrogen (secondary N) is 2. The van der Waals surface area contributed by atoms with Crippen molar-refractivity contribution in [1.82, 2.24) is 19.8 Å². The minimum absolute atomic E-state index is 0.0549. The molecule has 4 aromatic carbocycles. The number of quaternary nitrogens is 1. The molecule has 0 aliphatic carbocycles. The van der Waals surface area contributed by atoms with Gasteiger partial charge >= 0.3 is 18.0 Å². The first-order chi connectivity index (χ1) is 42.7. The largest absolute Gasteiger partial charge is 0.497 e. The first-order valence-corrected chi connectivity index (χ1v) is 31.3. The standard InChI is InChI=1S/C66H77N7O15S2/c1-39-48(34-73(28-14-15-29-73)33-43-32-71(10)50-31-52(84-36-41-18-24-45(81-12)25-19-41)51(30-47(50)56(43)74)83-35-40-16-22-44(80-11)23-17-40)55(60(77)85-37-42-20-26-46(82-13)27-21-42)72-58(76)54(59(72)90-39)68-57(75)53(70-88-66(8,9)61(78)86-64(2,3)4)49-38-89-62(67-49)69-63(79)87-65(5,6)7/h16-27,30-32,38-39,54,59H,14-15,28-29,33-37H2,1-13H3,(H-,67,68,69,75,79)/p+1/b70-53-/t39-,54+,59+/m0/s1. The Morgan fingerprint density at radius 1 is 0.733 bits per heavy atom. The molecule has 3 atom stereocenters. The molecule has 0 bridgehead atoms. The van der Waals surface area contributed by atoms with E-state index >= 15 is 4.79 Å². The molecule has 6 aromatic rings. The number of pyridine rings is 1. The van der Waals surface area contributed by atoms with E-state index in [2.05, 4.69) is 20.8 Å². The Hall–Kier alpha value is -8.61. The van der Waals surface area contributed by atoms with E-state index in [0.717, 1.165) is 41.1 Å². The van der Waals surface area contributed by atoms with Gasteiger partial charge in [0.25, 0.3) is 11.8 Å². The van der Waals surface area contributed by atoms with Crippen molar-refractivity contribution < 1.29 is 71.2 Å². The Morgan fingerprint density at radius 3 is 1.82 bits per heavy atom. The van der Waals surface area contributed by atoms with Gasteiger partial charge in [0.05, 0.1) is 50.9 Å². The van der Waals surface area contributed by atoms with Crippen LogP contribution >= 0.6 is 23.1 Å². The normalized spacial score (nSPS) is 17.4. The Kier molecular flexibility index (Phi) is 19.9. The number of ether oxygens (including phenoxy) is 8. The van der Waals surface area contributed by atoms with Crippen molar-refractivity contribution in [3.8, 4) is 28.7 Å². The van der Waals surface area contributed by atoms with Gasteiger partial charge in [0, 0.05) is 48.4 Å². The fraction of sp³-hybridized carbons (Fsp3) is 0.424. The maximum atomic E-state index is 15.1. The molecule has 0 unspecified atom stereocenters. The zero-order chi connectivity index (χ0) is 64.9. The van der Waals surface area contributed by atoms with Gasteiger partial charge in [-0.05, 0) is 121 Å². The van der Waals surface area contributed by atoms with Crippen LogP contribution in [0.2, 0.25) is 0 Å². The van der Waals surface area contributed by atoms with Gasteiger partial charge in [-0.25, -0.2) is 19.4 Å². The molecule has 3 aliphatic rings. The van der Waals surface area contributed by atoms with Gasteiger partial charge < -0.3 is 57.1 Å². The van der Waals surface area contributed by atoms with Crippen LogP contribution in [-0.4, -0.2) is 129 Å². The van der Waals surface area contributed by atoms with E-state index in [-0.39, 0.29) is 48.3 Å².